The second kappa shape index (κ2) is 6.57. The van der Waals surface area contributed by atoms with Crippen molar-refractivity contribution in [2.75, 3.05) is 11.9 Å². The maximum absolute atomic E-state index is 13.2. The van der Waals surface area contributed by atoms with E-state index in [1.54, 1.807) is 24.3 Å². The molecule has 2 amide bonds. The number of amides is 2. The van der Waals surface area contributed by atoms with Gasteiger partial charge in [0, 0.05) is 0 Å². The summed E-state index contributed by atoms with van der Waals surface area (Å²) < 4.78 is 13.2. The highest BCUT2D eigenvalue weighted by Gasteiger charge is 1.99. The van der Waals surface area contributed by atoms with Gasteiger partial charge < -0.3 is 5.32 Å². The summed E-state index contributed by atoms with van der Waals surface area (Å²) in [5, 5.41) is 7.86. The number of halogens is 1. The molecule has 2 rings (SSSR count). The van der Waals surface area contributed by atoms with Crippen molar-refractivity contribution >= 4 is 22.4 Å². The van der Waals surface area contributed by atoms with Crippen LogP contribution in [0.1, 0.15) is 5.56 Å². The monoisotopic (exact) mass is 274 g/mol. The normalized spacial score (nSPS) is 9.32. The van der Waals surface area contributed by atoms with Crippen LogP contribution in [0.4, 0.5) is 14.2 Å². The summed E-state index contributed by atoms with van der Waals surface area (Å²) in [4.78, 5) is 11.4. The number of nitrogens with one attached hydrogen (secondary N) is 2. The summed E-state index contributed by atoms with van der Waals surface area (Å²) in [5.41, 5.74) is 0.322. The Labute approximate surface area is 114 Å². The molecule has 0 aliphatic carbocycles. The van der Waals surface area contributed by atoms with Crippen LogP contribution in [0.2, 0.25) is 0 Å². The smallest absolute Gasteiger partial charge is 0.320 e. The van der Waals surface area contributed by atoms with E-state index in [9.17, 15) is 9.18 Å². The van der Waals surface area contributed by atoms with Crippen LogP contribution >= 0.6 is 11.3 Å². The van der Waals surface area contributed by atoms with Gasteiger partial charge in [-0.3, -0.25) is 5.32 Å². The second-order valence-electron chi connectivity index (χ2n) is 3.57. The van der Waals surface area contributed by atoms with E-state index in [0.717, 1.165) is 5.00 Å². The van der Waals surface area contributed by atoms with E-state index < -0.39 is 0 Å². The van der Waals surface area contributed by atoms with Crippen molar-refractivity contribution in [3.8, 4) is 11.8 Å². The molecule has 2 N–H and O–H groups in total. The molecule has 0 saturated carbocycles. The van der Waals surface area contributed by atoms with Crippen molar-refractivity contribution in [1.29, 1.82) is 0 Å². The third-order valence-electron chi connectivity index (χ3n) is 2.19. The fourth-order valence-corrected chi connectivity index (χ4v) is 1.94. The first-order valence-corrected chi connectivity index (χ1v) is 6.45. The van der Waals surface area contributed by atoms with Gasteiger partial charge in [-0.1, -0.05) is 24.0 Å². The van der Waals surface area contributed by atoms with E-state index >= 15 is 0 Å². The number of hydrogen-bond donors (Lipinski definition) is 2. The first-order chi connectivity index (χ1) is 9.25. The van der Waals surface area contributed by atoms with Crippen LogP contribution in [0, 0.1) is 17.7 Å². The third-order valence-corrected chi connectivity index (χ3v) is 2.98. The summed E-state index contributed by atoms with van der Waals surface area (Å²) in [7, 11) is 0. The fraction of sp³-hybridized carbons (Fsp3) is 0.0714. The lowest BCUT2D eigenvalue weighted by atomic mass is 10.2. The number of carbonyl (C=O) groups excluding carboxylic acids is 1. The summed E-state index contributed by atoms with van der Waals surface area (Å²) in [6.45, 7) is 0.158. The number of thiophene rings is 1. The van der Waals surface area contributed by atoms with Crippen molar-refractivity contribution in [2.24, 2.45) is 0 Å². The van der Waals surface area contributed by atoms with Gasteiger partial charge in [0.2, 0.25) is 0 Å². The molecule has 1 heterocycles. The van der Waals surface area contributed by atoms with Crippen molar-refractivity contribution in [3.05, 3.63) is 53.2 Å². The topological polar surface area (TPSA) is 41.1 Å². The molecule has 0 aliphatic heterocycles. The highest BCUT2D eigenvalue weighted by molar-refractivity contribution is 7.14. The van der Waals surface area contributed by atoms with Crippen LogP contribution in [0.5, 0.6) is 0 Å². The van der Waals surface area contributed by atoms with E-state index in [2.05, 4.69) is 22.5 Å². The van der Waals surface area contributed by atoms with Crippen LogP contribution < -0.4 is 10.6 Å². The second-order valence-corrected chi connectivity index (χ2v) is 4.51. The molecular formula is C14H11FN2OS. The van der Waals surface area contributed by atoms with Crippen LogP contribution in [-0.4, -0.2) is 12.6 Å². The fourth-order valence-electron chi connectivity index (χ4n) is 1.33. The van der Waals surface area contributed by atoms with Gasteiger partial charge in [0.25, 0.3) is 0 Å². The summed E-state index contributed by atoms with van der Waals surface area (Å²) in [5.74, 6) is 4.99. The minimum atomic E-state index is -0.363. The predicted molar refractivity (Wildman–Crippen MR) is 74.6 cm³/mol. The van der Waals surface area contributed by atoms with Gasteiger partial charge in [0.05, 0.1) is 17.1 Å². The standard InChI is InChI=1S/C14H11FN2OS/c15-12-7-2-1-5-11(12)6-3-9-16-14(18)17-13-8-4-10-19-13/h1-2,4-5,7-8,10H,9H2,(H2,16,17,18). The number of urea groups is 1. The SMILES string of the molecule is O=C(NCC#Cc1ccccc1F)Nc1cccs1. The highest BCUT2D eigenvalue weighted by Crippen LogP contribution is 2.14. The molecule has 3 nitrogen and oxygen atoms in total. The van der Waals surface area contributed by atoms with E-state index in [1.807, 2.05) is 11.4 Å². The zero-order valence-electron chi connectivity index (χ0n) is 9.94. The Morgan fingerprint density at radius 3 is 2.84 bits per heavy atom. The predicted octanol–water partition coefficient (Wildman–Crippen LogP) is 3.06. The van der Waals surface area contributed by atoms with Crippen LogP contribution in [-0.2, 0) is 0 Å². The summed E-state index contributed by atoms with van der Waals surface area (Å²) in [6, 6.07) is 9.57. The Morgan fingerprint density at radius 1 is 1.26 bits per heavy atom. The van der Waals surface area contributed by atoms with Crippen LogP contribution in [0.25, 0.3) is 0 Å². The summed E-state index contributed by atoms with van der Waals surface area (Å²) in [6.07, 6.45) is 0. The molecule has 2 aromatic rings. The minimum Gasteiger partial charge on any atom is -0.327 e. The molecule has 0 bridgehead atoms. The van der Waals surface area contributed by atoms with E-state index in [-0.39, 0.29) is 18.4 Å². The number of anilines is 1. The van der Waals surface area contributed by atoms with E-state index in [4.69, 9.17) is 0 Å². The average molecular weight is 274 g/mol. The van der Waals surface area contributed by atoms with Crippen LogP contribution in [0.15, 0.2) is 41.8 Å². The summed E-state index contributed by atoms with van der Waals surface area (Å²) >= 11 is 1.43. The largest absolute Gasteiger partial charge is 0.327 e. The lowest BCUT2D eigenvalue weighted by molar-refractivity contribution is 0.253. The van der Waals surface area contributed by atoms with Crippen molar-refractivity contribution in [3.63, 3.8) is 0 Å². The van der Waals surface area contributed by atoms with Crippen LogP contribution in [0.3, 0.4) is 0 Å². The molecule has 0 radical (unpaired) electrons. The molecule has 96 valence electrons. The molecule has 0 saturated heterocycles. The lowest BCUT2D eigenvalue weighted by Crippen LogP contribution is -2.28. The first kappa shape index (κ1) is 13.1. The molecule has 19 heavy (non-hydrogen) atoms. The molecule has 0 atom stereocenters. The number of carbonyl (C=O) groups is 1. The molecule has 0 unspecified atom stereocenters. The molecule has 1 aromatic heterocycles. The molecule has 1 aromatic carbocycles. The van der Waals surface area contributed by atoms with Gasteiger partial charge in [-0.15, -0.1) is 11.3 Å². The maximum Gasteiger partial charge on any atom is 0.320 e. The maximum atomic E-state index is 13.2. The quantitative estimate of drug-likeness (QED) is 0.812. The highest BCUT2D eigenvalue weighted by atomic mass is 32.1. The van der Waals surface area contributed by atoms with Crippen molar-refractivity contribution in [1.82, 2.24) is 5.32 Å². The zero-order chi connectivity index (χ0) is 13.5. The van der Waals surface area contributed by atoms with Crippen molar-refractivity contribution in [2.45, 2.75) is 0 Å². The molecule has 0 aliphatic rings. The number of hydrogen-bond acceptors (Lipinski definition) is 2. The zero-order valence-corrected chi connectivity index (χ0v) is 10.8. The van der Waals surface area contributed by atoms with Gasteiger partial charge in [-0.05, 0) is 29.6 Å². The number of benzene rings is 1. The van der Waals surface area contributed by atoms with Crippen molar-refractivity contribution < 1.29 is 9.18 Å². The third kappa shape index (κ3) is 4.12. The Kier molecular flexibility index (Phi) is 4.54. The average Bonchev–Trinajstić information content (AvgIpc) is 2.89. The Hall–Kier alpha value is -2.32. The van der Waals surface area contributed by atoms with Gasteiger partial charge in [-0.25, -0.2) is 9.18 Å². The van der Waals surface area contributed by atoms with Gasteiger partial charge in [0.15, 0.2) is 0 Å². The first-order valence-electron chi connectivity index (χ1n) is 5.57. The molecular weight excluding hydrogens is 263 g/mol. The Bertz CT molecular complexity index is 614. The Balaban J connectivity index is 1.81. The van der Waals surface area contributed by atoms with Gasteiger partial charge >= 0.3 is 6.03 Å². The van der Waals surface area contributed by atoms with E-state index in [0.29, 0.717) is 5.56 Å². The molecule has 5 heteroatoms. The Morgan fingerprint density at radius 2 is 2.11 bits per heavy atom. The van der Waals surface area contributed by atoms with Gasteiger partial charge in [0.1, 0.15) is 5.82 Å². The number of rotatable bonds is 2. The minimum absolute atomic E-state index is 0.158. The molecule has 0 fully saturated rings. The lowest BCUT2D eigenvalue weighted by Gasteiger charge is -2.01. The van der Waals surface area contributed by atoms with E-state index in [1.165, 1.54) is 17.4 Å². The van der Waals surface area contributed by atoms with Gasteiger partial charge in [-0.2, -0.15) is 0 Å². The molecule has 0 spiro atoms.